The summed E-state index contributed by atoms with van der Waals surface area (Å²) in [5.74, 6) is 0. The number of rotatable bonds is 5. The van der Waals surface area contributed by atoms with Gasteiger partial charge >= 0.3 is 0 Å². The van der Waals surface area contributed by atoms with Crippen LogP contribution in [0.1, 0.15) is 11.3 Å². The van der Waals surface area contributed by atoms with Crippen LogP contribution in [0.5, 0.6) is 0 Å². The fourth-order valence-electron chi connectivity index (χ4n) is 2.17. The minimum absolute atomic E-state index is 0.214. The molecule has 3 aromatic rings. The molecular weight excluding hydrogens is 322 g/mol. The molecule has 0 spiro atoms. The quantitative estimate of drug-likeness (QED) is 0.750. The van der Waals surface area contributed by atoms with Gasteiger partial charge in [-0.2, -0.15) is 0 Å². The van der Waals surface area contributed by atoms with Gasteiger partial charge in [0.2, 0.25) is 0 Å². The van der Waals surface area contributed by atoms with Gasteiger partial charge in [0, 0.05) is 29.6 Å². The highest BCUT2D eigenvalue weighted by Gasteiger charge is 2.20. The van der Waals surface area contributed by atoms with Crippen LogP contribution in [0.4, 0.5) is 5.13 Å². The van der Waals surface area contributed by atoms with Crippen LogP contribution in [0, 0.1) is 6.92 Å². The topological polar surface area (TPSA) is 84.1 Å². The lowest BCUT2D eigenvalue weighted by Gasteiger charge is -2.04. The maximum atomic E-state index is 12.5. The van der Waals surface area contributed by atoms with Gasteiger partial charge in [-0.1, -0.05) is 12.1 Å². The van der Waals surface area contributed by atoms with E-state index in [0.29, 0.717) is 22.8 Å². The first kappa shape index (κ1) is 15.0. The van der Waals surface area contributed by atoms with E-state index in [4.69, 9.17) is 4.74 Å². The van der Waals surface area contributed by atoms with Crippen molar-refractivity contribution in [2.24, 2.45) is 0 Å². The zero-order valence-corrected chi connectivity index (χ0v) is 13.7. The van der Waals surface area contributed by atoms with Gasteiger partial charge in [0.25, 0.3) is 10.0 Å². The van der Waals surface area contributed by atoms with E-state index in [1.807, 2.05) is 19.1 Å². The number of aromatic nitrogens is 2. The molecule has 8 heteroatoms. The van der Waals surface area contributed by atoms with Gasteiger partial charge in [0.1, 0.15) is 4.90 Å². The minimum Gasteiger partial charge on any atom is -0.378 e. The number of methoxy groups -OCH3 is 1. The number of hydrogen-bond acceptors (Lipinski definition) is 5. The SMILES string of the molecule is COCc1csc(NS(=O)(=O)c2c[nH]c3cc(C)ccc23)n1. The van der Waals surface area contributed by atoms with Gasteiger partial charge in [-0.25, -0.2) is 13.4 Å². The van der Waals surface area contributed by atoms with Crippen LogP contribution in [-0.2, 0) is 21.4 Å². The Kier molecular flexibility index (Phi) is 3.90. The lowest BCUT2D eigenvalue weighted by atomic mass is 10.2. The predicted octanol–water partition coefficient (Wildman–Crippen LogP) is 2.88. The molecule has 2 N–H and O–H groups in total. The van der Waals surface area contributed by atoms with Crippen LogP contribution in [0.2, 0.25) is 0 Å². The number of fused-ring (bicyclic) bond motifs is 1. The number of anilines is 1. The summed E-state index contributed by atoms with van der Waals surface area (Å²) >= 11 is 1.23. The zero-order chi connectivity index (χ0) is 15.7. The molecule has 0 atom stereocenters. The molecule has 0 amide bonds. The van der Waals surface area contributed by atoms with Crippen LogP contribution in [0.15, 0.2) is 34.7 Å². The van der Waals surface area contributed by atoms with E-state index in [1.54, 1.807) is 18.6 Å². The van der Waals surface area contributed by atoms with E-state index in [2.05, 4.69) is 14.7 Å². The van der Waals surface area contributed by atoms with Crippen LogP contribution in [0.3, 0.4) is 0 Å². The van der Waals surface area contributed by atoms with Crippen molar-refractivity contribution in [3.8, 4) is 0 Å². The molecule has 0 unspecified atom stereocenters. The summed E-state index contributed by atoms with van der Waals surface area (Å²) in [6.07, 6.45) is 1.50. The molecule has 6 nitrogen and oxygen atoms in total. The Balaban J connectivity index is 1.93. The van der Waals surface area contributed by atoms with Crippen molar-refractivity contribution in [3.05, 3.63) is 41.0 Å². The van der Waals surface area contributed by atoms with Crippen molar-refractivity contribution in [2.45, 2.75) is 18.4 Å². The maximum absolute atomic E-state index is 12.5. The fourth-order valence-corrected chi connectivity index (χ4v) is 4.30. The van der Waals surface area contributed by atoms with E-state index < -0.39 is 10.0 Å². The molecule has 2 aromatic heterocycles. The van der Waals surface area contributed by atoms with Gasteiger partial charge in [0.15, 0.2) is 5.13 Å². The number of sulfonamides is 1. The van der Waals surface area contributed by atoms with Gasteiger partial charge in [0.05, 0.1) is 12.3 Å². The number of nitrogens with zero attached hydrogens (tertiary/aromatic N) is 1. The summed E-state index contributed by atoms with van der Waals surface area (Å²) in [4.78, 5) is 7.39. The van der Waals surface area contributed by atoms with Crippen molar-refractivity contribution >= 4 is 37.4 Å². The van der Waals surface area contributed by atoms with Gasteiger partial charge in [-0.3, -0.25) is 4.72 Å². The molecule has 22 heavy (non-hydrogen) atoms. The third-order valence-electron chi connectivity index (χ3n) is 3.15. The summed E-state index contributed by atoms with van der Waals surface area (Å²) in [6, 6.07) is 5.59. The smallest absolute Gasteiger partial charge is 0.265 e. The summed E-state index contributed by atoms with van der Waals surface area (Å²) in [6.45, 7) is 2.31. The zero-order valence-electron chi connectivity index (χ0n) is 12.1. The molecule has 0 radical (unpaired) electrons. The molecule has 0 saturated heterocycles. The van der Waals surface area contributed by atoms with Crippen molar-refractivity contribution in [3.63, 3.8) is 0 Å². The third kappa shape index (κ3) is 2.85. The number of ether oxygens (including phenoxy) is 1. The summed E-state index contributed by atoms with van der Waals surface area (Å²) in [5, 5.41) is 2.75. The Labute approximate surface area is 132 Å². The highest BCUT2D eigenvalue weighted by atomic mass is 32.2. The highest BCUT2D eigenvalue weighted by Crippen LogP contribution is 2.26. The first-order chi connectivity index (χ1) is 10.5. The first-order valence-corrected chi connectivity index (χ1v) is 8.90. The molecule has 0 bridgehead atoms. The normalized spacial score (nSPS) is 11.9. The highest BCUT2D eigenvalue weighted by molar-refractivity contribution is 7.93. The average molecular weight is 337 g/mol. The Morgan fingerprint density at radius 1 is 1.41 bits per heavy atom. The van der Waals surface area contributed by atoms with Gasteiger partial charge in [-0.15, -0.1) is 11.3 Å². The number of thiazole rings is 1. The molecule has 0 aliphatic carbocycles. The molecule has 0 fully saturated rings. The van der Waals surface area contributed by atoms with Crippen molar-refractivity contribution in [2.75, 3.05) is 11.8 Å². The molecule has 3 rings (SSSR count). The van der Waals surface area contributed by atoms with Crippen molar-refractivity contribution in [1.29, 1.82) is 0 Å². The number of nitrogens with one attached hydrogen (secondary N) is 2. The Morgan fingerprint density at radius 2 is 2.23 bits per heavy atom. The predicted molar refractivity (Wildman–Crippen MR) is 86.7 cm³/mol. The molecule has 116 valence electrons. The average Bonchev–Trinajstić information content (AvgIpc) is 3.05. The van der Waals surface area contributed by atoms with Gasteiger partial charge in [-0.05, 0) is 18.6 Å². The Bertz CT molecular complexity index is 912. The summed E-state index contributed by atoms with van der Waals surface area (Å²) < 4.78 is 32.6. The second-order valence-electron chi connectivity index (χ2n) is 4.88. The van der Waals surface area contributed by atoms with Crippen LogP contribution < -0.4 is 4.72 Å². The molecule has 0 aliphatic heterocycles. The lowest BCUT2D eigenvalue weighted by molar-refractivity contribution is 0.182. The molecular formula is C14H15N3O3S2. The van der Waals surface area contributed by atoms with Crippen LogP contribution in [-0.4, -0.2) is 25.5 Å². The standard InChI is InChI=1S/C14H15N3O3S2/c1-9-3-4-11-12(5-9)15-6-13(11)22(18,19)17-14-16-10(7-20-2)8-21-14/h3-6,8,15H,7H2,1-2H3,(H,16,17). The Morgan fingerprint density at radius 3 is 3.00 bits per heavy atom. The lowest BCUT2D eigenvalue weighted by Crippen LogP contribution is -2.12. The molecule has 1 aromatic carbocycles. The third-order valence-corrected chi connectivity index (χ3v) is 5.47. The summed E-state index contributed by atoms with van der Waals surface area (Å²) in [7, 11) is -2.12. The van der Waals surface area contributed by atoms with E-state index >= 15 is 0 Å². The number of hydrogen-bond donors (Lipinski definition) is 2. The van der Waals surface area contributed by atoms with Crippen molar-refractivity contribution in [1.82, 2.24) is 9.97 Å². The molecule has 2 heterocycles. The minimum atomic E-state index is -3.69. The second-order valence-corrected chi connectivity index (χ2v) is 7.39. The number of aromatic amines is 1. The number of aryl methyl sites for hydroxylation is 1. The van der Waals surface area contributed by atoms with E-state index in [-0.39, 0.29) is 4.90 Å². The van der Waals surface area contributed by atoms with Crippen LogP contribution in [0.25, 0.3) is 10.9 Å². The monoisotopic (exact) mass is 337 g/mol. The summed E-state index contributed by atoms with van der Waals surface area (Å²) in [5.41, 5.74) is 2.55. The van der Waals surface area contributed by atoms with E-state index in [1.165, 1.54) is 17.5 Å². The largest absolute Gasteiger partial charge is 0.378 e. The van der Waals surface area contributed by atoms with Crippen molar-refractivity contribution < 1.29 is 13.2 Å². The van der Waals surface area contributed by atoms with Gasteiger partial charge < -0.3 is 9.72 Å². The van der Waals surface area contributed by atoms with Crippen LogP contribution >= 0.6 is 11.3 Å². The Hall–Kier alpha value is -1.90. The van der Waals surface area contributed by atoms with E-state index in [9.17, 15) is 8.42 Å². The molecule has 0 aliphatic rings. The fraction of sp³-hybridized carbons (Fsp3) is 0.214. The number of H-pyrrole nitrogens is 1. The number of benzene rings is 1. The first-order valence-electron chi connectivity index (χ1n) is 6.53. The maximum Gasteiger partial charge on any atom is 0.265 e. The second kappa shape index (κ2) is 5.71. The van der Waals surface area contributed by atoms with E-state index in [0.717, 1.165) is 11.1 Å². The molecule has 0 saturated carbocycles.